The van der Waals surface area contributed by atoms with E-state index in [1.165, 1.54) is 37.7 Å². The van der Waals surface area contributed by atoms with Gasteiger partial charge in [-0.05, 0) is 56.0 Å². The highest BCUT2D eigenvalue weighted by atomic mass is 32.1. The van der Waals surface area contributed by atoms with Crippen LogP contribution in [0, 0.1) is 18.8 Å². The van der Waals surface area contributed by atoms with Crippen molar-refractivity contribution in [3.8, 4) is 0 Å². The molecule has 0 radical (unpaired) electrons. The lowest BCUT2D eigenvalue weighted by Gasteiger charge is -2.42. The van der Waals surface area contributed by atoms with Crippen LogP contribution in [0.5, 0.6) is 0 Å². The highest BCUT2D eigenvalue weighted by molar-refractivity contribution is 7.80. The molecule has 0 amide bonds. The predicted molar refractivity (Wildman–Crippen MR) is 89.0 cm³/mol. The topological polar surface area (TPSA) is 15.3 Å². The number of fused-ring (bicyclic) bond motifs is 1. The Balaban J connectivity index is 1.58. The van der Waals surface area contributed by atoms with Crippen LogP contribution in [0.25, 0.3) is 0 Å². The number of thiocarbonyl (C=S) groups is 1. The molecule has 2 aliphatic rings. The fourth-order valence-corrected chi connectivity index (χ4v) is 3.91. The fraction of sp³-hybridized carbons (Fsp3) is 0.588. The van der Waals surface area contributed by atoms with E-state index in [9.17, 15) is 0 Å². The SMILES string of the molecule is Cc1ccc(NC(=S)N2CC[C@@H]3CCCC[C@H]3C2)cc1. The molecule has 1 aliphatic heterocycles. The van der Waals surface area contributed by atoms with E-state index in [0.717, 1.165) is 35.7 Å². The summed E-state index contributed by atoms with van der Waals surface area (Å²) in [4.78, 5) is 2.38. The zero-order chi connectivity index (χ0) is 13.9. The summed E-state index contributed by atoms with van der Waals surface area (Å²) in [7, 11) is 0. The van der Waals surface area contributed by atoms with Crippen LogP contribution in [0.15, 0.2) is 24.3 Å². The van der Waals surface area contributed by atoms with Crippen molar-refractivity contribution < 1.29 is 0 Å². The molecule has 1 heterocycles. The monoisotopic (exact) mass is 288 g/mol. The summed E-state index contributed by atoms with van der Waals surface area (Å²) in [5.74, 6) is 1.83. The smallest absolute Gasteiger partial charge is 0.173 e. The van der Waals surface area contributed by atoms with Crippen LogP contribution in [0.2, 0.25) is 0 Å². The van der Waals surface area contributed by atoms with Crippen LogP contribution in [0.1, 0.15) is 37.7 Å². The summed E-state index contributed by atoms with van der Waals surface area (Å²) in [6.07, 6.45) is 7.01. The zero-order valence-corrected chi connectivity index (χ0v) is 13.1. The van der Waals surface area contributed by atoms with Crippen LogP contribution in [0.4, 0.5) is 5.69 Å². The van der Waals surface area contributed by atoms with E-state index in [1.807, 2.05) is 0 Å². The van der Waals surface area contributed by atoms with Crippen LogP contribution in [0.3, 0.4) is 0 Å². The first-order valence-electron chi connectivity index (χ1n) is 7.85. The molecule has 108 valence electrons. The van der Waals surface area contributed by atoms with E-state index >= 15 is 0 Å². The Labute approximate surface area is 127 Å². The van der Waals surface area contributed by atoms with E-state index in [4.69, 9.17) is 12.2 Å². The molecule has 0 aromatic heterocycles. The molecule has 0 bridgehead atoms. The lowest BCUT2D eigenvalue weighted by atomic mass is 9.75. The average Bonchev–Trinajstić information content (AvgIpc) is 2.49. The Morgan fingerprint density at radius 3 is 2.55 bits per heavy atom. The third-order valence-corrected chi connectivity index (χ3v) is 5.24. The van der Waals surface area contributed by atoms with Gasteiger partial charge in [-0.3, -0.25) is 0 Å². The Bertz CT molecular complexity index is 468. The van der Waals surface area contributed by atoms with Crippen molar-refractivity contribution in [2.75, 3.05) is 18.4 Å². The molecule has 2 atom stereocenters. The first-order valence-corrected chi connectivity index (χ1v) is 8.26. The Hall–Kier alpha value is -1.09. The predicted octanol–water partition coefficient (Wildman–Crippen LogP) is 4.20. The number of anilines is 1. The molecule has 1 aromatic rings. The fourth-order valence-electron chi connectivity index (χ4n) is 3.62. The number of piperidine rings is 1. The Morgan fingerprint density at radius 1 is 1.10 bits per heavy atom. The van der Waals surface area contributed by atoms with Gasteiger partial charge in [-0.25, -0.2) is 0 Å². The molecule has 3 heteroatoms. The van der Waals surface area contributed by atoms with Crippen molar-refractivity contribution in [2.24, 2.45) is 11.8 Å². The van der Waals surface area contributed by atoms with Gasteiger partial charge >= 0.3 is 0 Å². The number of aryl methyl sites for hydroxylation is 1. The Kier molecular flexibility index (Phi) is 4.25. The van der Waals surface area contributed by atoms with Crippen molar-refractivity contribution in [1.82, 2.24) is 4.90 Å². The number of nitrogens with one attached hydrogen (secondary N) is 1. The molecule has 0 spiro atoms. The lowest BCUT2D eigenvalue weighted by molar-refractivity contribution is 0.131. The lowest BCUT2D eigenvalue weighted by Crippen LogP contribution is -2.46. The summed E-state index contributed by atoms with van der Waals surface area (Å²) in [6, 6.07) is 8.46. The van der Waals surface area contributed by atoms with Gasteiger partial charge in [0.2, 0.25) is 0 Å². The molecular weight excluding hydrogens is 264 g/mol. The third kappa shape index (κ3) is 3.14. The largest absolute Gasteiger partial charge is 0.349 e. The molecule has 1 saturated heterocycles. The maximum atomic E-state index is 5.60. The molecule has 1 N–H and O–H groups in total. The minimum absolute atomic E-state index is 0.871. The number of hydrogen-bond donors (Lipinski definition) is 1. The van der Waals surface area contributed by atoms with Crippen LogP contribution in [-0.2, 0) is 0 Å². The van der Waals surface area contributed by atoms with Crippen molar-refractivity contribution in [3.05, 3.63) is 29.8 Å². The number of rotatable bonds is 1. The quantitative estimate of drug-likeness (QED) is 0.780. The number of benzene rings is 1. The van der Waals surface area contributed by atoms with E-state index < -0.39 is 0 Å². The molecule has 1 saturated carbocycles. The minimum Gasteiger partial charge on any atom is -0.349 e. The summed E-state index contributed by atoms with van der Waals surface area (Å²) in [6.45, 7) is 4.39. The summed E-state index contributed by atoms with van der Waals surface area (Å²) in [5.41, 5.74) is 2.39. The normalized spacial score (nSPS) is 25.9. The standard InChI is InChI=1S/C17H24N2S/c1-13-6-8-16(9-7-13)18-17(20)19-11-10-14-4-2-3-5-15(14)12-19/h6-9,14-15H,2-5,10-12H2,1H3,(H,18,20)/t14-,15-/m0/s1. The van der Waals surface area contributed by atoms with Gasteiger partial charge in [-0.2, -0.15) is 0 Å². The van der Waals surface area contributed by atoms with E-state index in [-0.39, 0.29) is 0 Å². The molecule has 20 heavy (non-hydrogen) atoms. The van der Waals surface area contributed by atoms with Crippen LogP contribution >= 0.6 is 12.2 Å². The van der Waals surface area contributed by atoms with E-state index in [2.05, 4.69) is 41.4 Å². The minimum atomic E-state index is 0.871. The third-order valence-electron chi connectivity index (χ3n) is 4.88. The number of hydrogen-bond acceptors (Lipinski definition) is 1. The molecule has 2 fully saturated rings. The van der Waals surface area contributed by atoms with Crippen molar-refractivity contribution >= 4 is 23.0 Å². The zero-order valence-electron chi connectivity index (χ0n) is 12.3. The van der Waals surface area contributed by atoms with Gasteiger partial charge in [0.05, 0.1) is 0 Å². The second kappa shape index (κ2) is 6.13. The summed E-state index contributed by atoms with van der Waals surface area (Å²) < 4.78 is 0. The van der Waals surface area contributed by atoms with Crippen LogP contribution in [-0.4, -0.2) is 23.1 Å². The second-order valence-electron chi connectivity index (χ2n) is 6.34. The van der Waals surface area contributed by atoms with E-state index in [0.29, 0.717) is 0 Å². The van der Waals surface area contributed by atoms with Gasteiger partial charge in [-0.15, -0.1) is 0 Å². The van der Waals surface area contributed by atoms with Gasteiger partial charge in [0.25, 0.3) is 0 Å². The van der Waals surface area contributed by atoms with E-state index in [1.54, 1.807) is 0 Å². The number of nitrogens with zero attached hydrogens (tertiary/aromatic N) is 1. The summed E-state index contributed by atoms with van der Waals surface area (Å²) >= 11 is 5.60. The van der Waals surface area contributed by atoms with Gasteiger partial charge in [-0.1, -0.05) is 37.0 Å². The van der Waals surface area contributed by atoms with Crippen LogP contribution < -0.4 is 5.32 Å². The summed E-state index contributed by atoms with van der Waals surface area (Å²) in [5, 5.41) is 4.29. The highest BCUT2D eigenvalue weighted by Crippen LogP contribution is 2.36. The molecule has 2 nitrogen and oxygen atoms in total. The van der Waals surface area contributed by atoms with Gasteiger partial charge in [0, 0.05) is 18.8 Å². The first kappa shape index (κ1) is 13.9. The average molecular weight is 288 g/mol. The number of likely N-dealkylation sites (tertiary alicyclic amines) is 1. The van der Waals surface area contributed by atoms with Gasteiger partial charge in [0.15, 0.2) is 5.11 Å². The molecule has 1 aromatic carbocycles. The Morgan fingerprint density at radius 2 is 1.80 bits per heavy atom. The van der Waals surface area contributed by atoms with Gasteiger partial charge < -0.3 is 10.2 Å². The van der Waals surface area contributed by atoms with Crippen molar-refractivity contribution in [3.63, 3.8) is 0 Å². The maximum Gasteiger partial charge on any atom is 0.173 e. The molecule has 0 unspecified atom stereocenters. The van der Waals surface area contributed by atoms with Crippen molar-refractivity contribution in [2.45, 2.75) is 39.0 Å². The maximum absolute atomic E-state index is 5.60. The first-order chi connectivity index (χ1) is 9.72. The highest BCUT2D eigenvalue weighted by Gasteiger charge is 2.31. The second-order valence-corrected chi connectivity index (χ2v) is 6.72. The van der Waals surface area contributed by atoms with Crippen molar-refractivity contribution in [1.29, 1.82) is 0 Å². The molecular formula is C17H24N2S. The molecule has 3 rings (SSSR count). The molecule has 1 aliphatic carbocycles. The van der Waals surface area contributed by atoms with Gasteiger partial charge in [0.1, 0.15) is 0 Å².